The summed E-state index contributed by atoms with van der Waals surface area (Å²) in [6.07, 6.45) is 0.650. The van der Waals surface area contributed by atoms with Gasteiger partial charge in [-0.2, -0.15) is 4.31 Å². The van der Waals surface area contributed by atoms with Crippen LogP contribution in [0.4, 0.5) is 14.4 Å². The summed E-state index contributed by atoms with van der Waals surface area (Å²) in [7, 11) is -2.83. The molecule has 21 heteroatoms. The second-order valence-corrected chi connectivity index (χ2v) is 16.8. The first kappa shape index (κ1) is 41.0. The van der Waals surface area contributed by atoms with Crippen molar-refractivity contribution in [2.45, 2.75) is 42.0 Å². The van der Waals surface area contributed by atoms with Crippen LogP contribution in [0.3, 0.4) is 0 Å². The number of carboxylic acids is 1. The van der Waals surface area contributed by atoms with Crippen molar-refractivity contribution < 1.29 is 56.5 Å². The molecule has 3 aliphatic rings. The number of carboxylic acid groups (broad SMARTS) is 1. The van der Waals surface area contributed by atoms with Crippen molar-refractivity contribution in [2.75, 3.05) is 72.0 Å². The van der Waals surface area contributed by atoms with Gasteiger partial charge in [0.25, 0.3) is 5.91 Å². The lowest BCUT2D eigenvalue weighted by molar-refractivity contribution is -0.142. The molecule has 3 saturated heterocycles. The summed E-state index contributed by atoms with van der Waals surface area (Å²) in [6.45, 7) is 4.76. The molecular weight excluding hydrogens is 763 g/mol. The van der Waals surface area contributed by atoms with E-state index in [1.165, 1.54) is 75.1 Å². The lowest BCUT2D eigenvalue weighted by Gasteiger charge is -2.34. The minimum Gasteiger partial charge on any atom is -0.480 e. The quantitative estimate of drug-likeness (QED) is 0.341. The van der Waals surface area contributed by atoms with Crippen LogP contribution in [0.2, 0.25) is 0 Å². The second-order valence-electron chi connectivity index (χ2n) is 13.3. The molecule has 55 heavy (non-hydrogen) atoms. The lowest BCUT2D eigenvalue weighted by atomic mass is 10.0. The van der Waals surface area contributed by atoms with Gasteiger partial charge in [0.2, 0.25) is 15.9 Å². The van der Waals surface area contributed by atoms with Gasteiger partial charge in [0, 0.05) is 75.9 Å². The van der Waals surface area contributed by atoms with Crippen molar-refractivity contribution in [3.8, 4) is 5.75 Å². The largest absolute Gasteiger partial charge is 0.480 e. The Morgan fingerprint density at radius 2 is 1.47 bits per heavy atom. The summed E-state index contributed by atoms with van der Waals surface area (Å²) in [5.74, 6) is -2.29. The number of methoxy groups -OCH3 is 1. The number of piperazine rings is 2. The van der Waals surface area contributed by atoms with E-state index in [9.17, 15) is 42.3 Å². The normalized spacial score (nSPS) is 19.3. The van der Waals surface area contributed by atoms with Crippen LogP contribution in [0.15, 0.2) is 53.7 Å². The van der Waals surface area contributed by atoms with Crippen LogP contribution in [0.25, 0.3) is 0 Å². The fraction of sp³-hybridized carbons (Fsp3) is 0.500. The lowest BCUT2D eigenvalue weighted by Crippen LogP contribution is -2.56. The Morgan fingerprint density at radius 1 is 0.891 bits per heavy atom. The van der Waals surface area contributed by atoms with Crippen LogP contribution < -0.4 is 10.1 Å². The van der Waals surface area contributed by atoms with E-state index in [1.807, 2.05) is 0 Å². The number of benzene rings is 1. The second kappa shape index (κ2) is 17.5. The van der Waals surface area contributed by atoms with E-state index in [2.05, 4.69) is 15.0 Å². The van der Waals surface area contributed by atoms with Gasteiger partial charge in [0.05, 0.1) is 13.0 Å². The smallest absolute Gasteiger partial charge is 0.415 e. The molecule has 19 nitrogen and oxygen atoms in total. The Labute approximate surface area is 321 Å². The van der Waals surface area contributed by atoms with E-state index < -0.39 is 63.6 Å². The van der Waals surface area contributed by atoms with E-state index in [1.54, 1.807) is 26.0 Å². The van der Waals surface area contributed by atoms with Crippen molar-refractivity contribution >= 4 is 57.8 Å². The fourth-order valence-corrected chi connectivity index (χ4v) is 9.34. The summed E-state index contributed by atoms with van der Waals surface area (Å²) in [5.41, 5.74) is 0.501. The molecule has 0 aliphatic carbocycles. The number of hydrogen-bond acceptors (Lipinski definition) is 13. The van der Waals surface area contributed by atoms with Gasteiger partial charge in [-0.3, -0.25) is 14.6 Å². The zero-order valence-corrected chi connectivity index (χ0v) is 32.1. The number of amides is 5. The molecule has 0 spiro atoms. The molecule has 3 fully saturated rings. The molecule has 5 rings (SSSR count). The molecule has 298 valence electrons. The third-order valence-electron chi connectivity index (χ3n) is 9.36. The molecule has 5 amide bonds. The number of sulfonamides is 1. The highest BCUT2D eigenvalue weighted by Gasteiger charge is 2.51. The number of nitrogens with zero attached hydrogens (tertiary/aromatic N) is 6. The molecule has 4 heterocycles. The van der Waals surface area contributed by atoms with Crippen LogP contribution in [0, 0.1) is 0 Å². The Bertz CT molecular complexity index is 1850. The van der Waals surface area contributed by atoms with E-state index in [-0.39, 0.29) is 68.1 Å². The third-order valence-corrected chi connectivity index (χ3v) is 12.7. The van der Waals surface area contributed by atoms with Gasteiger partial charge in [-0.05, 0) is 43.7 Å². The number of carbonyl (C=O) groups excluding carboxylic acids is 5. The number of hydrogen-bond donors (Lipinski definition) is 2. The molecule has 2 N–H and O–H groups in total. The number of thioether (sulfide) groups is 1. The molecule has 3 aliphatic heterocycles. The van der Waals surface area contributed by atoms with Gasteiger partial charge >= 0.3 is 24.2 Å². The number of ether oxygens (including phenoxy) is 3. The van der Waals surface area contributed by atoms with Gasteiger partial charge < -0.3 is 44.2 Å². The van der Waals surface area contributed by atoms with Crippen molar-refractivity contribution in [3.05, 3.63) is 54.4 Å². The fourth-order valence-electron chi connectivity index (χ4n) is 6.21. The molecule has 0 unspecified atom stereocenters. The molecule has 1 aromatic carbocycles. The van der Waals surface area contributed by atoms with Crippen molar-refractivity contribution in [2.24, 2.45) is 0 Å². The first-order valence-corrected chi connectivity index (χ1v) is 19.7. The van der Waals surface area contributed by atoms with Crippen LogP contribution in [0.5, 0.6) is 5.75 Å². The van der Waals surface area contributed by atoms with Crippen LogP contribution >= 0.6 is 11.8 Å². The van der Waals surface area contributed by atoms with Crippen molar-refractivity contribution in [1.82, 2.24) is 34.2 Å². The molecule has 0 radical (unpaired) electrons. The van der Waals surface area contributed by atoms with Gasteiger partial charge in [-0.15, -0.1) is 11.8 Å². The molecule has 0 saturated carbocycles. The van der Waals surface area contributed by atoms with Crippen molar-refractivity contribution in [3.63, 3.8) is 0 Å². The number of aromatic nitrogens is 1. The first-order valence-electron chi connectivity index (χ1n) is 17.3. The SMILES string of the molecule is COC(=O)N1CCN(C(=O)COC(=O)N2CCN(C(=O)Oc3ccc(C[C@H](NC(=O)[C@H]4N(S(=O)(=O)c5cccnc5)CSC4(C)C)C(=O)O)cc3)CC2)CC1. The molecule has 2 atom stereocenters. The van der Waals surface area contributed by atoms with Gasteiger partial charge in [-0.1, -0.05) is 12.1 Å². The maximum Gasteiger partial charge on any atom is 0.415 e. The van der Waals surface area contributed by atoms with E-state index in [0.717, 1.165) is 4.31 Å². The minimum absolute atomic E-state index is 0.00842. The Hall–Kier alpha value is -5.15. The maximum atomic E-state index is 13.6. The standard InChI is InChI=1S/C34H43N7O12S2/c1-34(2)28(41(22-54-34)55(49,50)25-5-4-10-35-20-25)29(43)36-26(30(44)45)19-23-6-8-24(9-7-23)53-33(48)40-17-15-39(16-18-40)32(47)52-21-27(42)37-11-13-38(14-12-37)31(46)51-3/h4-10,20,26,28H,11-19,21-22H2,1-3H3,(H,36,43)(H,44,45)/t26-,28+/m0/s1. The molecule has 1 aromatic heterocycles. The third kappa shape index (κ3) is 9.94. The summed E-state index contributed by atoms with van der Waals surface area (Å²) in [4.78, 5) is 84.9. The summed E-state index contributed by atoms with van der Waals surface area (Å²) >= 11 is 1.26. The molecular formula is C34H43N7O12S2. The van der Waals surface area contributed by atoms with Crippen LogP contribution in [-0.2, 0) is 40.3 Å². The number of pyridine rings is 1. The Morgan fingerprint density at radius 3 is 2.04 bits per heavy atom. The van der Waals surface area contributed by atoms with Gasteiger partial charge in [-0.25, -0.2) is 27.6 Å². The summed E-state index contributed by atoms with van der Waals surface area (Å²) < 4.78 is 42.4. The van der Waals surface area contributed by atoms with E-state index >= 15 is 0 Å². The zero-order chi connectivity index (χ0) is 39.9. The van der Waals surface area contributed by atoms with E-state index in [4.69, 9.17) is 9.47 Å². The number of nitrogens with one attached hydrogen (secondary N) is 1. The average Bonchev–Trinajstić information content (AvgIpc) is 3.52. The number of carbonyl (C=O) groups is 6. The first-order chi connectivity index (χ1) is 26.1. The highest BCUT2D eigenvalue weighted by atomic mass is 32.2. The monoisotopic (exact) mass is 805 g/mol. The molecule has 0 bridgehead atoms. The Kier molecular flexibility index (Phi) is 13.1. The predicted molar refractivity (Wildman–Crippen MR) is 194 cm³/mol. The summed E-state index contributed by atoms with van der Waals surface area (Å²) in [6, 6.07) is 6.31. The highest BCUT2D eigenvalue weighted by Crippen LogP contribution is 2.42. The zero-order valence-electron chi connectivity index (χ0n) is 30.5. The van der Waals surface area contributed by atoms with Crippen LogP contribution in [-0.4, -0.2) is 167 Å². The minimum atomic E-state index is -4.11. The summed E-state index contributed by atoms with van der Waals surface area (Å²) in [5, 5.41) is 12.5. The van der Waals surface area contributed by atoms with Crippen LogP contribution in [0.1, 0.15) is 19.4 Å². The van der Waals surface area contributed by atoms with Gasteiger partial charge in [0.15, 0.2) is 6.61 Å². The van der Waals surface area contributed by atoms with Crippen molar-refractivity contribution in [1.29, 1.82) is 0 Å². The van der Waals surface area contributed by atoms with Gasteiger partial charge in [0.1, 0.15) is 22.7 Å². The highest BCUT2D eigenvalue weighted by molar-refractivity contribution is 8.02. The molecule has 2 aromatic rings. The average molecular weight is 806 g/mol. The number of rotatable bonds is 10. The Balaban J connectivity index is 1.08. The predicted octanol–water partition coefficient (Wildman–Crippen LogP) is 0.900. The topological polar surface area (TPSA) is 226 Å². The van der Waals surface area contributed by atoms with E-state index in [0.29, 0.717) is 18.7 Å². The number of aliphatic carboxylic acids is 1. The maximum absolute atomic E-state index is 13.6.